The highest BCUT2D eigenvalue weighted by Crippen LogP contribution is 2.13. The molecule has 1 aromatic rings. The first-order chi connectivity index (χ1) is 6.04. The fourth-order valence-electron chi connectivity index (χ4n) is 0.462. The molecule has 1 heterocycles. The first-order valence-corrected chi connectivity index (χ1v) is 3.39. The molecule has 0 N–H and O–H groups in total. The van der Waals surface area contributed by atoms with Crippen molar-refractivity contribution >= 4 is 0 Å². The van der Waals surface area contributed by atoms with Gasteiger partial charge in [-0.05, 0) is 0 Å². The van der Waals surface area contributed by atoms with Crippen molar-refractivity contribution in [1.29, 1.82) is 0 Å². The average molecular weight is 199 g/mol. The van der Waals surface area contributed by atoms with E-state index in [0.717, 1.165) is 0 Å². The van der Waals surface area contributed by atoms with Crippen LogP contribution in [0.1, 0.15) is 13.8 Å². The van der Waals surface area contributed by atoms with Gasteiger partial charge >= 0.3 is 0 Å². The van der Waals surface area contributed by atoms with Crippen LogP contribution in [0.15, 0.2) is 0 Å². The average Bonchev–Trinajstić information content (AvgIpc) is 2.15. The van der Waals surface area contributed by atoms with Crippen molar-refractivity contribution in [2.75, 3.05) is 0 Å². The Labute approximate surface area is 71.2 Å². The molecule has 0 saturated heterocycles. The van der Waals surface area contributed by atoms with Crippen LogP contribution >= 0.6 is 0 Å². The molecular formula is C7H6F5N. The Bertz CT molecular complexity index is 273. The number of halogens is 5. The van der Waals surface area contributed by atoms with Crippen molar-refractivity contribution in [3.05, 3.63) is 29.3 Å². The summed E-state index contributed by atoms with van der Waals surface area (Å²) in [6.45, 7) is 4.00. The van der Waals surface area contributed by atoms with E-state index in [2.05, 4.69) is 4.98 Å². The van der Waals surface area contributed by atoms with Crippen LogP contribution in [0.3, 0.4) is 0 Å². The Morgan fingerprint density at radius 1 is 0.692 bits per heavy atom. The van der Waals surface area contributed by atoms with E-state index in [4.69, 9.17) is 0 Å². The van der Waals surface area contributed by atoms with Gasteiger partial charge in [-0.2, -0.15) is 22.5 Å². The van der Waals surface area contributed by atoms with Gasteiger partial charge in [-0.3, -0.25) is 0 Å². The molecule has 1 aromatic heterocycles. The minimum Gasteiger partial charge on any atom is -0.200 e. The highest BCUT2D eigenvalue weighted by Gasteiger charge is 2.19. The van der Waals surface area contributed by atoms with Gasteiger partial charge in [0.25, 0.3) is 11.9 Å². The van der Waals surface area contributed by atoms with Gasteiger partial charge < -0.3 is 0 Å². The Morgan fingerprint density at radius 3 is 1.31 bits per heavy atom. The van der Waals surface area contributed by atoms with Crippen molar-refractivity contribution in [2.45, 2.75) is 13.8 Å². The van der Waals surface area contributed by atoms with E-state index >= 15 is 0 Å². The zero-order valence-corrected chi connectivity index (χ0v) is 6.84. The highest BCUT2D eigenvalue weighted by atomic mass is 19.2. The van der Waals surface area contributed by atoms with Crippen LogP contribution in [0.2, 0.25) is 0 Å². The van der Waals surface area contributed by atoms with Crippen molar-refractivity contribution in [2.24, 2.45) is 0 Å². The number of rotatable bonds is 0. The predicted octanol–water partition coefficient (Wildman–Crippen LogP) is 2.80. The minimum atomic E-state index is -2.20. The standard InChI is InChI=1S/C5F5N.C2H6/c6-1-2(7)4(9)11-5(10)3(1)8;1-2/h;1-2H3. The van der Waals surface area contributed by atoms with E-state index in [1.54, 1.807) is 0 Å². The second kappa shape index (κ2) is 4.74. The van der Waals surface area contributed by atoms with E-state index in [1.165, 1.54) is 0 Å². The number of nitrogens with zero attached hydrogens (tertiary/aromatic N) is 1. The fourth-order valence-corrected chi connectivity index (χ4v) is 0.462. The summed E-state index contributed by atoms with van der Waals surface area (Å²) in [4.78, 5) is 2.11. The van der Waals surface area contributed by atoms with Crippen LogP contribution in [-0.4, -0.2) is 4.98 Å². The molecule has 0 amide bonds. The van der Waals surface area contributed by atoms with Crippen LogP contribution in [0, 0.1) is 29.3 Å². The largest absolute Gasteiger partial charge is 0.254 e. The summed E-state index contributed by atoms with van der Waals surface area (Å²) < 4.78 is 59.7. The van der Waals surface area contributed by atoms with Gasteiger partial charge in [0.05, 0.1) is 0 Å². The Morgan fingerprint density at radius 2 is 1.00 bits per heavy atom. The molecule has 13 heavy (non-hydrogen) atoms. The molecule has 0 unspecified atom stereocenters. The number of hydrogen-bond donors (Lipinski definition) is 0. The molecule has 0 saturated carbocycles. The van der Waals surface area contributed by atoms with Gasteiger partial charge in [-0.25, -0.2) is 4.39 Å². The van der Waals surface area contributed by atoms with E-state index in [0.29, 0.717) is 0 Å². The zero-order valence-electron chi connectivity index (χ0n) is 6.84. The summed E-state index contributed by atoms with van der Waals surface area (Å²) >= 11 is 0. The minimum absolute atomic E-state index is 2.00. The second-order valence-electron chi connectivity index (χ2n) is 1.64. The van der Waals surface area contributed by atoms with Crippen LogP contribution in [-0.2, 0) is 0 Å². The monoisotopic (exact) mass is 199 g/mol. The topological polar surface area (TPSA) is 12.9 Å². The molecule has 6 heteroatoms. The first-order valence-electron chi connectivity index (χ1n) is 3.39. The van der Waals surface area contributed by atoms with Gasteiger partial charge in [0.1, 0.15) is 0 Å². The maximum absolute atomic E-state index is 12.0. The third-order valence-corrected chi connectivity index (χ3v) is 0.944. The lowest BCUT2D eigenvalue weighted by atomic mass is 10.4. The molecule has 0 aliphatic rings. The van der Waals surface area contributed by atoms with Crippen molar-refractivity contribution in [3.8, 4) is 0 Å². The molecule has 1 rings (SSSR count). The molecule has 1 nitrogen and oxygen atoms in total. The van der Waals surface area contributed by atoms with Gasteiger partial charge in [0, 0.05) is 0 Å². The van der Waals surface area contributed by atoms with Crippen LogP contribution < -0.4 is 0 Å². The van der Waals surface area contributed by atoms with Gasteiger partial charge in [0.15, 0.2) is 0 Å². The third-order valence-electron chi connectivity index (χ3n) is 0.944. The number of aromatic nitrogens is 1. The summed E-state index contributed by atoms with van der Waals surface area (Å²) in [7, 11) is 0. The molecule has 0 fully saturated rings. The lowest BCUT2D eigenvalue weighted by Gasteiger charge is -1.95. The first kappa shape index (κ1) is 11.8. The number of hydrogen-bond acceptors (Lipinski definition) is 1. The van der Waals surface area contributed by atoms with Crippen molar-refractivity contribution in [3.63, 3.8) is 0 Å². The van der Waals surface area contributed by atoms with E-state index in [1.807, 2.05) is 13.8 Å². The Hall–Kier alpha value is -1.20. The lowest BCUT2D eigenvalue weighted by molar-refractivity contribution is 0.348. The molecule has 0 aliphatic carbocycles. The molecule has 74 valence electrons. The fraction of sp³-hybridized carbons (Fsp3) is 0.286. The van der Waals surface area contributed by atoms with Crippen molar-refractivity contribution < 1.29 is 22.0 Å². The molecule has 0 aliphatic heterocycles. The van der Waals surface area contributed by atoms with Crippen LogP contribution in [0.5, 0.6) is 0 Å². The molecule has 0 bridgehead atoms. The SMILES string of the molecule is CC.Fc1nc(F)c(F)c(F)c1F. The summed E-state index contributed by atoms with van der Waals surface area (Å²) in [5.41, 5.74) is 0. The normalized spacial score (nSPS) is 9.15. The third kappa shape index (κ3) is 2.37. The van der Waals surface area contributed by atoms with E-state index < -0.39 is 29.3 Å². The highest BCUT2D eigenvalue weighted by molar-refractivity contribution is 5.03. The summed E-state index contributed by atoms with van der Waals surface area (Å²) in [6, 6.07) is 0. The number of pyridine rings is 1. The van der Waals surface area contributed by atoms with E-state index in [9.17, 15) is 22.0 Å². The maximum Gasteiger partial charge on any atom is 0.254 e. The van der Waals surface area contributed by atoms with Crippen LogP contribution in [0.25, 0.3) is 0 Å². The quantitative estimate of drug-likeness (QED) is 0.462. The molecule has 0 spiro atoms. The summed E-state index contributed by atoms with van der Waals surface area (Å²) in [6.07, 6.45) is 0. The summed E-state index contributed by atoms with van der Waals surface area (Å²) in [5, 5.41) is 0. The lowest BCUT2D eigenvalue weighted by Crippen LogP contribution is -2.03. The predicted molar refractivity (Wildman–Crippen MR) is 35.4 cm³/mol. The van der Waals surface area contributed by atoms with E-state index in [-0.39, 0.29) is 0 Å². The Kier molecular flexibility index (Phi) is 4.30. The molecule has 0 atom stereocenters. The molecule has 0 aromatic carbocycles. The molecular weight excluding hydrogens is 193 g/mol. The zero-order chi connectivity index (χ0) is 10.6. The molecule has 0 radical (unpaired) electrons. The summed E-state index contributed by atoms with van der Waals surface area (Å²) in [5.74, 6) is -10.4. The van der Waals surface area contributed by atoms with Crippen molar-refractivity contribution in [1.82, 2.24) is 4.98 Å². The Balaban J connectivity index is 0.000000671. The van der Waals surface area contributed by atoms with Gasteiger partial charge in [-0.15, -0.1) is 0 Å². The smallest absolute Gasteiger partial charge is 0.200 e. The van der Waals surface area contributed by atoms with Crippen LogP contribution in [0.4, 0.5) is 22.0 Å². The van der Waals surface area contributed by atoms with Gasteiger partial charge in [0.2, 0.25) is 17.5 Å². The maximum atomic E-state index is 12.0. The van der Waals surface area contributed by atoms with Gasteiger partial charge in [-0.1, -0.05) is 13.8 Å². The second-order valence-corrected chi connectivity index (χ2v) is 1.64.